The van der Waals surface area contributed by atoms with Gasteiger partial charge >= 0.3 is 5.69 Å². The molecule has 0 aliphatic carbocycles. The van der Waals surface area contributed by atoms with Gasteiger partial charge in [-0.15, -0.1) is 24.8 Å². The van der Waals surface area contributed by atoms with E-state index in [1.165, 1.54) is 4.57 Å². The van der Waals surface area contributed by atoms with E-state index in [0.29, 0.717) is 36.5 Å². The second kappa shape index (κ2) is 10.9. The van der Waals surface area contributed by atoms with Gasteiger partial charge in [-0.2, -0.15) is 0 Å². The Morgan fingerprint density at radius 2 is 1.83 bits per heavy atom. The van der Waals surface area contributed by atoms with Crippen molar-refractivity contribution in [3.05, 3.63) is 38.2 Å². The molecule has 0 bridgehead atoms. The standard InChI is InChI=1S/C20H29N5O3.2ClH/c1-12(2)11-25-17-16(18(26)23-20(25)28)14(10-15(22-17)13(3)4)19(27)24-8-5-6-21-7-9-24;;/h10,12-13,21H,5-9,11H2,1-4H3,(H,23,26,28);2*1H. The Morgan fingerprint density at radius 3 is 2.47 bits per heavy atom. The number of carbonyl (C=O) groups excluding carboxylic acids is 1. The van der Waals surface area contributed by atoms with Crippen LogP contribution in [0.1, 0.15) is 56.1 Å². The number of nitrogens with zero attached hydrogens (tertiary/aromatic N) is 3. The van der Waals surface area contributed by atoms with Crippen LogP contribution in [0.4, 0.5) is 0 Å². The molecule has 0 aromatic carbocycles. The zero-order valence-corrected chi connectivity index (χ0v) is 19.5. The number of H-pyrrole nitrogens is 1. The molecule has 3 rings (SSSR count). The molecule has 2 aromatic heterocycles. The predicted molar refractivity (Wildman–Crippen MR) is 123 cm³/mol. The molecule has 1 amide bonds. The lowest BCUT2D eigenvalue weighted by Gasteiger charge is -2.22. The molecule has 1 aliphatic rings. The maximum Gasteiger partial charge on any atom is 0.330 e. The van der Waals surface area contributed by atoms with Crippen LogP contribution >= 0.6 is 24.8 Å². The Hall–Kier alpha value is -1.90. The molecule has 1 saturated heterocycles. The van der Waals surface area contributed by atoms with Gasteiger partial charge < -0.3 is 10.2 Å². The van der Waals surface area contributed by atoms with Crippen LogP contribution < -0.4 is 16.6 Å². The summed E-state index contributed by atoms with van der Waals surface area (Å²) in [6, 6.07) is 1.72. The van der Waals surface area contributed by atoms with Crippen molar-refractivity contribution in [2.24, 2.45) is 5.92 Å². The quantitative estimate of drug-likeness (QED) is 0.729. The van der Waals surface area contributed by atoms with Crippen LogP contribution in [-0.4, -0.2) is 51.5 Å². The van der Waals surface area contributed by atoms with Crippen LogP contribution in [0.2, 0.25) is 0 Å². The molecule has 0 unspecified atom stereocenters. The SMILES string of the molecule is CC(C)Cn1c(=O)[nH]c(=O)c2c(C(=O)N3CCCNCC3)cc(C(C)C)nc21.Cl.Cl. The second-order valence-electron chi connectivity index (χ2n) is 8.11. The van der Waals surface area contributed by atoms with Crippen molar-refractivity contribution in [3.63, 3.8) is 0 Å². The smallest absolute Gasteiger partial charge is 0.330 e. The molecular weight excluding hydrogens is 429 g/mol. The number of pyridine rings is 1. The van der Waals surface area contributed by atoms with E-state index in [2.05, 4.69) is 15.3 Å². The molecular formula is C20H31Cl2N5O3. The number of aromatic amines is 1. The van der Waals surface area contributed by atoms with Gasteiger partial charge in [0.15, 0.2) is 5.65 Å². The lowest BCUT2D eigenvalue weighted by Crippen LogP contribution is -2.37. The number of carbonyl (C=O) groups is 1. The normalized spacial score (nSPS) is 14.4. The Labute approximate surface area is 188 Å². The molecule has 8 nitrogen and oxygen atoms in total. The minimum atomic E-state index is -0.556. The molecule has 0 atom stereocenters. The highest BCUT2D eigenvalue weighted by Gasteiger charge is 2.24. The van der Waals surface area contributed by atoms with Crippen molar-refractivity contribution >= 4 is 41.8 Å². The first-order valence-electron chi connectivity index (χ1n) is 9.97. The van der Waals surface area contributed by atoms with Crippen molar-refractivity contribution in [3.8, 4) is 0 Å². The maximum absolute atomic E-state index is 13.3. The highest BCUT2D eigenvalue weighted by Crippen LogP contribution is 2.21. The Balaban J connectivity index is 0.00000225. The molecule has 2 aromatic rings. The first-order chi connectivity index (χ1) is 13.3. The number of hydrogen-bond donors (Lipinski definition) is 2. The van der Waals surface area contributed by atoms with E-state index in [1.807, 2.05) is 27.7 Å². The summed E-state index contributed by atoms with van der Waals surface area (Å²) in [5.74, 6) is 0.0639. The highest BCUT2D eigenvalue weighted by atomic mass is 35.5. The van der Waals surface area contributed by atoms with E-state index < -0.39 is 11.2 Å². The molecule has 10 heteroatoms. The van der Waals surface area contributed by atoms with Gasteiger partial charge in [0.25, 0.3) is 11.5 Å². The van der Waals surface area contributed by atoms with Crippen LogP contribution in [0, 0.1) is 5.92 Å². The van der Waals surface area contributed by atoms with Crippen LogP contribution in [0.3, 0.4) is 0 Å². The highest BCUT2D eigenvalue weighted by molar-refractivity contribution is 6.05. The lowest BCUT2D eigenvalue weighted by atomic mass is 10.0. The first-order valence-corrected chi connectivity index (χ1v) is 9.97. The summed E-state index contributed by atoms with van der Waals surface area (Å²) in [5.41, 5.74) is 0.279. The van der Waals surface area contributed by atoms with Gasteiger partial charge in [-0.3, -0.25) is 19.1 Å². The van der Waals surface area contributed by atoms with Gasteiger partial charge in [-0.1, -0.05) is 27.7 Å². The van der Waals surface area contributed by atoms with Crippen molar-refractivity contribution in [1.82, 2.24) is 24.8 Å². The monoisotopic (exact) mass is 459 g/mol. The van der Waals surface area contributed by atoms with Gasteiger partial charge in [-0.25, -0.2) is 9.78 Å². The minimum absolute atomic E-state index is 0. The molecule has 1 fully saturated rings. The van der Waals surface area contributed by atoms with Crippen molar-refractivity contribution in [2.45, 2.75) is 46.6 Å². The fourth-order valence-corrected chi connectivity index (χ4v) is 3.51. The summed E-state index contributed by atoms with van der Waals surface area (Å²) in [5, 5.41) is 3.48. The van der Waals surface area contributed by atoms with Gasteiger partial charge in [-0.05, 0) is 30.9 Å². The number of rotatable bonds is 4. The molecule has 0 radical (unpaired) electrons. The topological polar surface area (TPSA) is 100 Å². The molecule has 0 spiro atoms. The third-order valence-corrected chi connectivity index (χ3v) is 4.97. The number of fused-ring (bicyclic) bond motifs is 1. The number of aromatic nitrogens is 3. The summed E-state index contributed by atoms with van der Waals surface area (Å²) < 4.78 is 1.48. The number of halogens is 2. The number of hydrogen-bond acceptors (Lipinski definition) is 5. The maximum atomic E-state index is 13.3. The fourth-order valence-electron chi connectivity index (χ4n) is 3.51. The van der Waals surface area contributed by atoms with E-state index in [0.717, 1.165) is 19.5 Å². The molecule has 2 N–H and O–H groups in total. The Bertz CT molecular complexity index is 992. The first kappa shape index (κ1) is 26.1. The van der Waals surface area contributed by atoms with Crippen molar-refractivity contribution in [1.29, 1.82) is 0 Å². The van der Waals surface area contributed by atoms with Crippen LogP contribution in [-0.2, 0) is 6.54 Å². The summed E-state index contributed by atoms with van der Waals surface area (Å²) in [6.07, 6.45) is 0.861. The third kappa shape index (κ3) is 5.42. The van der Waals surface area contributed by atoms with Crippen LogP contribution in [0.5, 0.6) is 0 Å². The lowest BCUT2D eigenvalue weighted by molar-refractivity contribution is 0.0768. The zero-order chi connectivity index (χ0) is 20.4. The second-order valence-corrected chi connectivity index (χ2v) is 8.11. The van der Waals surface area contributed by atoms with Crippen LogP contribution in [0.15, 0.2) is 15.7 Å². The Kier molecular flexibility index (Phi) is 9.52. The van der Waals surface area contributed by atoms with Gasteiger partial charge in [0.1, 0.15) is 0 Å². The fraction of sp³-hybridized carbons (Fsp3) is 0.600. The summed E-state index contributed by atoms with van der Waals surface area (Å²) in [7, 11) is 0. The molecule has 0 saturated carbocycles. The van der Waals surface area contributed by atoms with Crippen molar-refractivity contribution < 1.29 is 4.79 Å². The molecule has 168 valence electrons. The average molecular weight is 460 g/mol. The Morgan fingerprint density at radius 1 is 1.13 bits per heavy atom. The minimum Gasteiger partial charge on any atom is -0.337 e. The van der Waals surface area contributed by atoms with Crippen molar-refractivity contribution in [2.75, 3.05) is 26.2 Å². The molecule has 30 heavy (non-hydrogen) atoms. The van der Waals surface area contributed by atoms with E-state index in [4.69, 9.17) is 0 Å². The third-order valence-electron chi connectivity index (χ3n) is 4.97. The van der Waals surface area contributed by atoms with E-state index in [-0.39, 0.29) is 47.9 Å². The largest absolute Gasteiger partial charge is 0.337 e. The van der Waals surface area contributed by atoms with Gasteiger partial charge in [0.2, 0.25) is 0 Å². The van der Waals surface area contributed by atoms with Gasteiger partial charge in [0.05, 0.1) is 10.9 Å². The summed E-state index contributed by atoms with van der Waals surface area (Å²) in [6.45, 7) is 11.2. The number of nitrogens with one attached hydrogen (secondary N) is 2. The van der Waals surface area contributed by atoms with E-state index in [1.54, 1.807) is 11.0 Å². The summed E-state index contributed by atoms with van der Waals surface area (Å²) >= 11 is 0. The predicted octanol–water partition coefficient (Wildman–Crippen LogP) is 2.14. The molecule has 3 heterocycles. The molecule has 1 aliphatic heterocycles. The van der Waals surface area contributed by atoms with Gasteiger partial charge in [0, 0.05) is 31.9 Å². The van der Waals surface area contributed by atoms with Crippen LogP contribution in [0.25, 0.3) is 11.0 Å². The van der Waals surface area contributed by atoms with E-state index >= 15 is 0 Å². The summed E-state index contributed by atoms with van der Waals surface area (Å²) in [4.78, 5) is 47.3. The zero-order valence-electron chi connectivity index (χ0n) is 17.9. The van der Waals surface area contributed by atoms with E-state index in [9.17, 15) is 14.4 Å². The number of amides is 1. The average Bonchev–Trinajstić information content (AvgIpc) is 2.92.